The number of hydrogen-bond donors (Lipinski definition) is 1. The topological polar surface area (TPSA) is 47.6 Å². The molecule has 3 rings (SSSR count). The molecule has 1 fully saturated rings. The summed E-state index contributed by atoms with van der Waals surface area (Å²) in [6.45, 7) is 0. The first-order valence-corrected chi connectivity index (χ1v) is 9.16. The number of alkyl halides is 3. The van der Waals surface area contributed by atoms with E-state index in [-0.39, 0.29) is 12.5 Å². The van der Waals surface area contributed by atoms with E-state index in [9.17, 15) is 18.0 Å². The Morgan fingerprint density at radius 1 is 1.11 bits per heavy atom. The Kier molecular flexibility index (Phi) is 6.11. The Labute approximate surface area is 161 Å². The second-order valence-electron chi connectivity index (χ2n) is 6.81. The second-order valence-corrected chi connectivity index (χ2v) is 6.81. The molecule has 0 atom stereocenters. The van der Waals surface area contributed by atoms with Gasteiger partial charge in [-0.05, 0) is 49.4 Å². The quantitative estimate of drug-likeness (QED) is 0.732. The fourth-order valence-electron chi connectivity index (χ4n) is 3.28. The average Bonchev–Trinajstić information content (AvgIpc) is 3.14. The van der Waals surface area contributed by atoms with Crippen LogP contribution in [0.1, 0.15) is 36.8 Å². The highest BCUT2D eigenvalue weighted by Gasteiger charge is 2.30. The molecule has 4 nitrogen and oxygen atoms in total. The Hall–Kier alpha value is -2.70. The molecule has 0 spiro atoms. The van der Waals surface area contributed by atoms with E-state index in [1.165, 1.54) is 12.1 Å². The Morgan fingerprint density at radius 2 is 1.86 bits per heavy atom. The van der Waals surface area contributed by atoms with E-state index >= 15 is 0 Å². The van der Waals surface area contributed by atoms with E-state index in [1.807, 2.05) is 0 Å². The maximum Gasteiger partial charge on any atom is 0.416 e. The number of ether oxygens (including phenoxy) is 2. The van der Waals surface area contributed by atoms with Crippen LogP contribution < -0.4 is 14.8 Å². The molecule has 1 N–H and O–H groups in total. The lowest BCUT2D eigenvalue weighted by Crippen LogP contribution is -2.16. The van der Waals surface area contributed by atoms with Crippen molar-refractivity contribution in [3.8, 4) is 11.5 Å². The van der Waals surface area contributed by atoms with Crippen molar-refractivity contribution in [3.05, 3.63) is 53.6 Å². The Bertz CT molecular complexity index is 830. The first-order chi connectivity index (χ1) is 13.3. The molecule has 0 heterocycles. The molecular formula is C21H22F3NO3. The van der Waals surface area contributed by atoms with Gasteiger partial charge in [-0.25, -0.2) is 0 Å². The summed E-state index contributed by atoms with van der Waals surface area (Å²) in [4.78, 5) is 12.3. The first kappa shape index (κ1) is 20.0. The van der Waals surface area contributed by atoms with Crippen LogP contribution in [0, 0.1) is 0 Å². The fourth-order valence-corrected chi connectivity index (χ4v) is 3.28. The maximum absolute atomic E-state index is 12.8. The summed E-state index contributed by atoms with van der Waals surface area (Å²) in [5, 5.41) is 2.71. The van der Waals surface area contributed by atoms with Crippen molar-refractivity contribution in [2.24, 2.45) is 0 Å². The zero-order valence-corrected chi connectivity index (χ0v) is 15.5. The molecule has 1 saturated carbocycles. The lowest BCUT2D eigenvalue weighted by atomic mass is 10.1. The summed E-state index contributed by atoms with van der Waals surface area (Å²) in [5.41, 5.74) is 0.0311. The lowest BCUT2D eigenvalue weighted by Gasteiger charge is -2.17. The normalized spacial score (nSPS) is 14.7. The van der Waals surface area contributed by atoms with Crippen LogP contribution in [0.2, 0.25) is 0 Å². The van der Waals surface area contributed by atoms with E-state index in [0.717, 1.165) is 37.8 Å². The monoisotopic (exact) mass is 393 g/mol. The summed E-state index contributed by atoms with van der Waals surface area (Å²) < 4.78 is 49.7. The van der Waals surface area contributed by atoms with E-state index in [1.54, 1.807) is 25.3 Å². The minimum absolute atomic E-state index is 0.130. The highest BCUT2D eigenvalue weighted by Crippen LogP contribution is 2.34. The lowest BCUT2D eigenvalue weighted by molar-refractivity contribution is -0.137. The summed E-state index contributed by atoms with van der Waals surface area (Å²) in [7, 11) is 1.54. The minimum atomic E-state index is -4.44. The molecule has 0 aliphatic heterocycles. The van der Waals surface area contributed by atoms with Crippen molar-refractivity contribution < 1.29 is 27.4 Å². The van der Waals surface area contributed by atoms with Crippen LogP contribution in [-0.2, 0) is 17.4 Å². The van der Waals surface area contributed by atoms with Gasteiger partial charge in [-0.3, -0.25) is 4.79 Å². The van der Waals surface area contributed by atoms with E-state index in [0.29, 0.717) is 22.7 Å². The molecule has 0 aromatic heterocycles. The number of amides is 1. The largest absolute Gasteiger partial charge is 0.493 e. The molecule has 2 aromatic carbocycles. The molecule has 1 aliphatic carbocycles. The summed E-state index contributed by atoms with van der Waals surface area (Å²) in [6, 6.07) is 9.82. The zero-order chi connectivity index (χ0) is 20.1. The third-order valence-corrected chi connectivity index (χ3v) is 4.66. The van der Waals surface area contributed by atoms with E-state index < -0.39 is 17.6 Å². The molecule has 2 aromatic rings. The van der Waals surface area contributed by atoms with Gasteiger partial charge in [0.05, 0.1) is 25.2 Å². The van der Waals surface area contributed by atoms with Gasteiger partial charge in [-0.15, -0.1) is 0 Å². The molecular weight excluding hydrogens is 371 g/mol. The summed E-state index contributed by atoms with van der Waals surface area (Å²) in [5.74, 6) is 0.713. The zero-order valence-electron chi connectivity index (χ0n) is 15.5. The molecule has 0 saturated heterocycles. The van der Waals surface area contributed by atoms with E-state index in [4.69, 9.17) is 9.47 Å². The molecule has 1 aliphatic rings. The van der Waals surface area contributed by atoms with Crippen molar-refractivity contribution in [1.82, 2.24) is 0 Å². The Balaban J connectivity index is 1.68. The standard InChI is InChI=1S/C21H22F3NO3/c1-27-18-10-9-16(13-19(18)28-17-7-2-3-8-17)25-20(26)12-14-5-4-6-15(11-14)21(22,23)24/h4-6,9-11,13,17H,2-3,7-8,12H2,1H3,(H,25,26). The van der Waals surface area contributed by atoms with Crippen LogP contribution in [0.3, 0.4) is 0 Å². The van der Waals surface area contributed by atoms with Gasteiger partial charge in [0.15, 0.2) is 11.5 Å². The summed E-state index contributed by atoms with van der Waals surface area (Å²) in [6.07, 6.45) is -0.250. The average molecular weight is 393 g/mol. The van der Waals surface area contributed by atoms with Gasteiger partial charge in [0.2, 0.25) is 5.91 Å². The number of nitrogens with one attached hydrogen (secondary N) is 1. The number of carbonyl (C=O) groups excluding carboxylic acids is 1. The highest BCUT2D eigenvalue weighted by atomic mass is 19.4. The maximum atomic E-state index is 12.8. The van der Waals surface area contributed by atoms with Gasteiger partial charge < -0.3 is 14.8 Å². The predicted molar refractivity (Wildman–Crippen MR) is 99.7 cm³/mol. The van der Waals surface area contributed by atoms with Crippen molar-refractivity contribution in [2.45, 2.75) is 44.4 Å². The number of anilines is 1. The molecule has 150 valence electrons. The van der Waals surface area contributed by atoms with Crippen molar-refractivity contribution >= 4 is 11.6 Å². The highest BCUT2D eigenvalue weighted by molar-refractivity contribution is 5.92. The number of hydrogen-bond acceptors (Lipinski definition) is 3. The number of benzene rings is 2. The van der Waals surface area contributed by atoms with Gasteiger partial charge in [0.1, 0.15) is 0 Å². The van der Waals surface area contributed by atoms with Crippen LogP contribution >= 0.6 is 0 Å². The molecule has 7 heteroatoms. The van der Waals surface area contributed by atoms with Gasteiger partial charge in [0, 0.05) is 11.8 Å². The Morgan fingerprint density at radius 3 is 2.54 bits per heavy atom. The number of rotatable bonds is 6. The van der Waals surface area contributed by atoms with Crippen LogP contribution in [0.25, 0.3) is 0 Å². The van der Waals surface area contributed by atoms with Crippen molar-refractivity contribution in [2.75, 3.05) is 12.4 Å². The van der Waals surface area contributed by atoms with Gasteiger partial charge in [-0.2, -0.15) is 13.2 Å². The number of methoxy groups -OCH3 is 1. The molecule has 0 unspecified atom stereocenters. The molecule has 1 amide bonds. The van der Waals surface area contributed by atoms with Gasteiger partial charge in [0.25, 0.3) is 0 Å². The second kappa shape index (κ2) is 8.54. The number of halogens is 3. The SMILES string of the molecule is COc1ccc(NC(=O)Cc2cccc(C(F)(F)F)c2)cc1OC1CCCC1. The third-order valence-electron chi connectivity index (χ3n) is 4.66. The molecule has 28 heavy (non-hydrogen) atoms. The molecule has 0 bridgehead atoms. The van der Waals surface area contributed by atoms with Crippen molar-refractivity contribution in [1.29, 1.82) is 0 Å². The van der Waals surface area contributed by atoms with E-state index in [2.05, 4.69) is 5.32 Å². The minimum Gasteiger partial charge on any atom is -0.493 e. The fraction of sp³-hybridized carbons (Fsp3) is 0.381. The number of carbonyl (C=O) groups is 1. The van der Waals surface area contributed by atoms with Crippen molar-refractivity contribution in [3.63, 3.8) is 0 Å². The molecule has 0 radical (unpaired) electrons. The van der Waals surface area contributed by atoms with Gasteiger partial charge >= 0.3 is 6.18 Å². The third kappa shape index (κ3) is 5.18. The van der Waals surface area contributed by atoms with Crippen LogP contribution in [0.15, 0.2) is 42.5 Å². The smallest absolute Gasteiger partial charge is 0.416 e. The first-order valence-electron chi connectivity index (χ1n) is 9.16. The summed E-state index contributed by atoms with van der Waals surface area (Å²) >= 11 is 0. The van der Waals surface area contributed by atoms with Crippen LogP contribution in [0.4, 0.5) is 18.9 Å². The predicted octanol–water partition coefficient (Wildman–Crippen LogP) is 5.22. The van der Waals surface area contributed by atoms with Crippen LogP contribution in [0.5, 0.6) is 11.5 Å². The van der Waals surface area contributed by atoms with Crippen LogP contribution in [-0.4, -0.2) is 19.1 Å². The van der Waals surface area contributed by atoms with Gasteiger partial charge in [-0.1, -0.05) is 18.2 Å².